The van der Waals surface area contributed by atoms with E-state index >= 15 is 0 Å². The van der Waals surface area contributed by atoms with Crippen LogP contribution in [0.5, 0.6) is 5.75 Å². The van der Waals surface area contributed by atoms with Crippen molar-refractivity contribution in [3.8, 4) is 5.75 Å². The minimum Gasteiger partial charge on any atom is -0.508 e. The number of carbonyl (C=O) groups excluding carboxylic acids is 3. The number of nitrogens with zero attached hydrogens (tertiary/aromatic N) is 2. The zero-order valence-electron chi connectivity index (χ0n) is 23.2. The smallest absolute Gasteiger partial charge is 0.326 e. The average Bonchev–Trinajstić information content (AvgIpc) is 3.46. The molecule has 2 rings (SSSR count). The van der Waals surface area contributed by atoms with Crippen LogP contribution in [-0.4, -0.2) is 91.6 Å². The molecule has 0 radical (unpaired) electrons. The highest BCUT2D eigenvalue weighted by Crippen LogP contribution is 2.12. The van der Waals surface area contributed by atoms with Gasteiger partial charge in [0.1, 0.15) is 23.9 Å². The van der Waals surface area contributed by atoms with Crippen LogP contribution >= 0.6 is 0 Å². The number of aliphatic carboxylic acids is 2. The van der Waals surface area contributed by atoms with E-state index in [-0.39, 0.29) is 56.8 Å². The van der Waals surface area contributed by atoms with Crippen LogP contribution in [0.25, 0.3) is 0 Å². The first-order valence-electron chi connectivity index (χ1n) is 13.3. The first-order chi connectivity index (χ1) is 20.3. The molecule has 234 valence electrons. The predicted molar refractivity (Wildman–Crippen MR) is 152 cm³/mol. The van der Waals surface area contributed by atoms with Gasteiger partial charge in [-0.1, -0.05) is 12.1 Å². The lowest BCUT2D eigenvalue weighted by Crippen LogP contribution is -2.57. The summed E-state index contributed by atoms with van der Waals surface area (Å²) in [6.07, 6.45) is 2.26. The highest BCUT2D eigenvalue weighted by molar-refractivity contribution is 5.94. The topological polar surface area (TPSA) is 301 Å². The van der Waals surface area contributed by atoms with Gasteiger partial charge in [0.2, 0.25) is 17.7 Å². The number of aliphatic imine (C=N–C) groups is 1. The number of aromatic amines is 1. The quantitative estimate of drug-likeness (QED) is 0.0488. The highest BCUT2D eigenvalue weighted by atomic mass is 16.4. The Labute approximate surface area is 246 Å². The zero-order valence-corrected chi connectivity index (χ0v) is 23.2. The van der Waals surface area contributed by atoms with Crippen LogP contribution in [0.15, 0.2) is 41.8 Å². The third kappa shape index (κ3) is 12.5. The second-order valence-corrected chi connectivity index (χ2v) is 9.66. The Balaban J connectivity index is 2.26. The Bertz CT molecular complexity index is 1260. The van der Waals surface area contributed by atoms with Crippen LogP contribution in [0.2, 0.25) is 0 Å². The molecule has 17 heteroatoms. The molecule has 0 aliphatic heterocycles. The van der Waals surface area contributed by atoms with Crippen molar-refractivity contribution in [1.29, 1.82) is 0 Å². The van der Waals surface area contributed by atoms with Crippen molar-refractivity contribution >= 4 is 35.6 Å². The number of phenolic OH excluding ortho intramolecular Hbond substituents is 1. The first-order valence-corrected chi connectivity index (χ1v) is 13.3. The molecule has 0 saturated heterocycles. The Morgan fingerprint density at radius 1 is 0.884 bits per heavy atom. The molecule has 0 aliphatic rings. The predicted octanol–water partition coefficient (Wildman–Crippen LogP) is -2.31. The van der Waals surface area contributed by atoms with Gasteiger partial charge in [0.15, 0.2) is 5.96 Å². The van der Waals surface area contributed by atoms with Gasteiger partial charge in [-0.25, -0.2) is 9.78 Å². The van der Waals surface area contributed by atoms with E-state index in [2.05, 4.69) is 30.9 Å². The summed E-state index contributed by atoms with van der Waals surface area (Å²) in [4.78, 5) is 72.7. The number of carboxylic acids is 2. The van der Waals surface area contributed by atoms with Gasteiger partial charge in [-0.2, -0.15) is 0 Å². The number of hydrogen-bond acceptors (Lipinski definition) is 9. The van der Waals surface area contributed by atoms with Crippen molar-refractivity contribution in [3.63, 3.8) is 0 Å². The second kappa shape index (κ2) is 16.9. The van der Waals surface area contributed by atoms with Crippen molar-refractivity contribution in [2.45, 2.75) is 62.7 Å². The second-order valence-electron chi connectivity index (χ2n) is 9.66. The normalized spacial score (nSPS) is 13.5. The molecule has 1 heterocycles. The number of guanidine groups is 1. The van der Waals surface area contributed by atoms with Gasteiger partial charge in [0, 0.05) is 37.7 Å². The molecule has 17 nitrogen and oxygen atoms in total. The number of hydrogen-bond donors (Lipinski definition) is 10. The fraction of sp³-hybridized carbons (Fsp3) is 0.423. The number of benzene rings is 1. The highest BCUT2D eigenvalue weighted by Gasteiger charge is 2.30. The molecule has 4 atom stereocenters. The standard InChI is InChI=1S/C26H37N9O8/c27-17(7-8-21(37)38)22(39)34-19(10-14-3-5-16(36)6-4-14)24(41)33-18(2-1-9-31-26(28)29)23(40)35-20(25(42)43)11-15-12-30-13-32-15/h3-6,12-13,17-20,36H,1-2,7-11,27H2,(H,30,32)(H,33,41)(H,34,39)(H,35,40)(H,37,38)(H,42,43)(H4,28,29,31). The number of nitrogens with two attached hydrogens (primary N) is 3. The molecule has 2 aromatic rings. The third-order valence-corrected chi connectivity index (χ3v) is 6.19. The molecular weight excluding hydrogens is 566 g/mol. The molecular formula is C26H37N9O8. The zero-order chi connectivity index (χ0) is 31.9. The number of amides is 3. The van der Waals surface area contributed by atoms with Gasteiger partial charge >= 0.3 is 11.9 Å². The van der Waals surface area contributed by atoms with Crippen molar-refractivity contribution < 1.29 is 39.3 Å². The van der Waals surface area contributed by atoms with E-state index in [0.717, 1.165) is 0 Å². The number of rotatable bonds is 18. The van der Waals surface area contributed by atoms with Gasteiger partial charge in [0.25, 0.3) is 0 Å². The molecule has 0 spiro atoms. The molecule has 13 N–H and O–H groups in total. The van der Waals surface area contributed by atoms with Crippen LogP contribution in [0.4, 0.5) is 0 Å². The molecule has 0 fully saturated rings. The Morgan fingerprint density at radius 3 is 2.09 bits per heavy atom. The number of nitrogens with one attached hydrogen (secondary N) is 4. The summed E-state index contributed by atoms with van der Waals surface area (Å²) in [6, 6.07) is 0.698. The maximum atomic E-state index is 13.5. The maximum Gasteiger partial charge on any atom is 0.326 e. The summed E-state index contributed by atoms with van der Waals surface area (Å²) in [6.45, 7) is 0.116. The average molecular weight is 604 g/mol. The van der Waals surface area contributed by atoms with Crippen LogP contribution in [0.1, 0.15) is 36.9 Å². The lowest BCUT2D eigenvalue weighted by atomic mass is 10.0. The van der Waals surface area contributed by atoms with Gasteiger partial charge in [-0.3, -0.25) is 24.2 Å². The molecule has 0 bridgehead atoms. The lowest BCUT2D eigenvalue weighted by Gasteiger charge is -2.25. The van der Waals surface area contributed by atoms with Crippen molar-refractivity contribution in [1.82, 2.24) is 25.9 Å². The summed E-state index contributed by atoms with van der Waals surface area (Å²) in [5, 5.41) is 35.6. The fourth-order valence-corrected chi connectivity index (χ4v) is 3.90. The largest absolute Gasteiger partial charge is 0.508 e. The van der Waals surface area contributed by atoms with E-state index in [0.29, 0.717) is 11.3 Å². The van der Waals surface area contributed by atoms with E-state index in [4.69, 9.17) is 22.3 Å². The third-order valence-electron chi connectivity index (χ3n) is 6.19. The summed E-state index contributed by atoms with van der Waals surface area (Å²) in [5.41, 5.74) is 17.5. The van der Waals surface area contributed by atoms with Gasteiger partial charge in [0.05, 0.1) is 12.4 Å². The number of carbonyl (C=O) groups is 5. The van der Waals surface area contributed by atoms with Crippen LogP contribution in [0, 0.1) is 0 Å². The van der Waals surface area contributed by atoms with Crippen LogP contribution in [-0.2, 0) is 36.8 Å². The van der Waals surface area contributed by atoms with Crippen molar-refractivity contribution in [2.75, 3.05) is 6.54 Å². The number of imidazole rings is 1. The molecule has 0 saturated carbocycles. The summed E-state index contributed by atoms with van der Waals surface area (Å²) in [7, 11) is 0. The van der Waals surface area contributed by atoms with E-state index in [1.54, 1.807) is 0 Å². The van der Waals surface area contributed by atoms with E-state index < -0.39 is 53.8 Å². The van der Waals surface area contributed by atoms with Crippen LogP contribution < -0.4 is 33.2 Å². The Hall–Kier alpha value is -5.19. The SMILES string of the molecule is NC(N)=NCCCC(NC(=O)C(Cc1ccc(O)cc1)NC(=O)C(N)CCC(=O)O)C(=O)NC(Cc1cnc[nH]1)C(=O)O. The molecule has 43 heavy (non-hydrogen) atoms. The number of carboxylic acid groups (broad SMARTS) is 2. The Morgan fingerprint density at radius 2 is 1.51 bits per heavy atom. The van der Waals surface area contributed by atoms with Gasteiger partial charge in [-0.05, 0) is 37.0 Å². The van der Waals surface area contributed by atoms with Gasteiger partial charge in [-0.15, -0.1) is 0 Å². The number of aromatic nitrogens is 2. The molecule has 1 aromatic heterocycles. The molecule has 3 amide bonds. The number of H-pyrrole nitrogens is 1. The molecule has 4 unspecified atom stereocenters. The van der Waals surface area contributed by atoms with E-state index in [9.17, 15) is 34.2 Å². The summed E-state index contributed by atoms with van der Waals surface area (Å²) >= 11 is 0. The minimum absolute atomic E-state index is 0.00273. The fourth-order valence-electron chi connectivity index (χ4n) is 3.90. The molecule has 1 aromatic carbocycles. The monoisotopic (exact) mass is 603 g/mol. The van der Waals surface area contributed by atoms with Crippen LogP contribution in [0.3, 0.4) is 0 Å². The number of phenols is 1. The lowest BCUT2D eigenvalue weighted by molar-refractivity contribution is -0.142. The van der Waals surface area contributed by atoms with E-state index in [1.807, 2.05) is 0 Å². The van der Waals surface area contributed by atoms with Gasteiger partial charge < -0.3 is 53.5 Å². The summed E-state index contributed by atoms with van der Waals surface area (Å²) < 4.78 is 0. The number of aromatic hydroxyl groups is 1. The first kappa shape index (κ1) is 34.0. The maximum absolute atomic E-state index is 13.5. The minimum atomic E-state index is -1.36. The summed E-state index contributed by atoms with van der Waals surface area (Å²) in [5.74, 6) is -5.06. The van der Waals surface area contributed by atoms with Crippen molar-refractivity contribution in [2.24, 2.45) is 22.2 Å². The molecule has 0 aliphatic carbocycles. The Kier molecular flexibility index (Phi) is 13.4. The van der Waals surface area contributed by atoms with Crippen molar-refractivity contribution in [3.05, 3.63) is 48.0 Å². The van der Waals surface area contributed by atoms with E-state index in [1.165, 1.54) is 36.8 Å².